The Bertz CT molecular complexity index is 1150. The Morgan fingerprint density at radius 2 is 1.62 bits per heavy atom. The maximum absolute atomic E-state index is 12.8. The quantitative estimate of drug-likeness (QED) is 0.553. The lowest BCUT2D eigenvalue weighted by molar-refractivity contribution is 0.0581. The van der Waals surface area contributed by atoms with Crippen molar-refractivity contribution >= 4 is 17.5 Å². The van der Waals surface area contributed by atoms with Gasteiger partial charge in [0.25, 0.3) is 0 Å². The molecule has 29 heavy (non-hydrogen) atoms. The number of hydrogen-bond acceptors (Lipinski definition) is 3. The summed E-state index contributed by atoms with van der Waals surface area (Å²) in [6, 6.07) is 23.5. The van der Waals surface area contributed by atoms with Gasteiger partial charge in [0.05, 0.1) is 5.41 Å². The number of likely N-dealkylation sites (N-methyl/N-ethyl adjacent to an activating group) is 1. The summed E-state index contributed by atoms with van der Waals surface area (Å²) in [4.78, 5) is 15.0. The van der Waals surface area contributed by atoms with Gasteiger partial charge in [-0.1, -0.05) is 48.5 Å². The number of para-hydroxylation sites is 1. The fourth-order valence-electron chi connectivity index (χ4n) is 4.68. The SMILES string of the molecule is CN1c2ccccc2C(C)(C)[C@@]12C=Cc1cc(C(=O)c3ccccc3)ccc1O2. The first kappa shape index (κ1) is 17.7. The number of ketones is 1. The molecular weight excluding hydrogens is 358 g/mol. The second-order valence-electron chi connectivity index (χ2n) is 8.28. The second kappa shape index (κ2) is 6.08. The van der Waals surface area contributed by atoms with Crippen LogP contribution in [-0.4, -0.2) is 18.6 Å². The van der Waals surface area contributed by atoms with E-state index >= 15 is 0 Å². The topological polar surface area (TPSA) is 29.5 Å². The van der Waals surface area contributed by atoms with Crippen molar-refractivity contribution in [2.24, 2.45) is 0 Å². The minimum Gasteiger partial charge on any atom is -0.463 e. The molecule has 0 unspecified atom stereocenters. The third-order valence-electron chi connectivity index (χ3n) is 6.39. The van der Waals surface area contributed by atoms with Gasteiger partial charge in [-0.05, 0) is 55.8 Å². The van der Waals surface area contributed by atoms with Crippen LogP contribution in [0.4, 0.5) is 5.69 Å². The number of carbonyl (C=O) groups is 1. The number of anilines is 1. The summed E-state index contributed by atoms with van der Waals surface area (Å²) in [5, 5.41) is 0. The van der Waals surface area contributed by atoms with Crippen LogP contribution in [0.5, 0.6) is 5.75 Å². The lowest BCUT2D eigenvalue weighted by Crippen LogP contribution is -2.58. The molecule has 0 saturated heterocycles. The highest BCUT2D eigenvalue weighted by Gasteiger charge is 2.57. The first-order valence-electron chi connectivity index (χ1n) is 9.89. The molecular formula is C26H23NO2. The number of rotatable bonds is 2. The molecule has 0 bridgehead atoms. The number of ether oxygens (including phenoxy) is 1. The van der Waals surface area contributed by atoms with Gasteiger partial charge in [-0.25, -0.2) is 0 Å². The molecule has 5 rings (SSSR count). The molecule has 0 aromatic heterocycles. The van der Waals surface area contributed by atoms with Crippen LogP contribution in [0.15, 0.2) is 78.9 Å². The van der Waals surface area contributed by atoms with Crippen LogP contribution < -0.4 is 9.64 Å². The highest BCUT2D eigenvalue weighted by atomic mass is 16.5. The predicted molar refractivity (Wildman–Crippen MR) is 117 cm³/mol. The van der Waals surface area contributed by atoms with Crippen molar-refractivity contribution in [3.05, 3.63) is 101 Å². The van der Waals surface area contributed by atoms with Crippen LogP contribution in [0.2, 0.25) is 0 Å². The standard InChI is InChI=1S/C26H23NO2/c1-25(2)21-11-7-8-12-22(21)27(3)26(25)16-15-19-17-20(13-14-23(19)29-26)24(28)18-9-5-4-6-10-18/h4-17H,1-3H3/t26-/m0/s1. The van der Waals surface area contributed by atoms with E-state index in [0.29, 0.717) is 11.1 Å². The summed E-state index contributed by atoms with van der Waals surface area (Å²) in [5.74, 6) is 0.817. The zero-order valence-corrected chi connectivity index (χ0v) is 16.8. The lowest BCUT2D eigenvalue weighted by atomic mass is 9.76. The molecule has 0 aliphatic carbocycles. The van der Waals surface area contributed by atoms with E-state index in [0.717, 1.165) is 11.3 Å². The molecule has 2 heterocycles. The molecule has 3 heteroatoms. The summed E-state index contributed by atoms with van der Waals surface area (Å²) in [6.45, 7) is 4.44. The lowest BCUT2D eigenvalue weighted by Gasteiger charge is -2.45. The van der Waals surface area contributed by atoms with Crippen molar-refractivity contribution in [2.45, 2.75) is 25.0 Å². The van der Waals surface area contributed by atoms with Gasteiger partial charge < -0.3 is 9.64 Å². The Morgan fingerprint density at radius 1 is 0.897 bits per heavy atom. The molecule has 3 aromatic carbocycles. The van der Waals surface area contributed by atoms with E-state index in [4.69, 9.17) is 4.74 Å². The first-order chi connectivity index (χ1) is 13.9. The Hall–Kier alpha value is -3.33. The average molecular weight is 381 g/mol. The van der Waals surface area contributed by atoms with Crippen LogP contribution in [-0.2, 0) is 5.41 Å². The van der Waals surface area contributed by atoms with Crippen LogP contribution in [0, 0.1) is 0 Å². The van der Waals surface area contributed by atoms with Crippen molar-refractivity contribution < 1.29 is 9.53 Å². The highest BCUT2D eigenvalue weighted by molar-refractivity contribution is 6.09. The highest BCUT2D eigenvalue weighted by Crippen LogP contribution is 2.54. The van der Waals surface area contributed by atoms with Crippen molar-refractivity contribution in [1.82, 2.24) is 0 Å². The van der Waals surface area contributed by atoms with Gasteiger partial charge in [0.2, 0.25) is 5.72 Å². The molecule has 0 radical (unpaired) electrons. The van der Waals surface area contributed by atoms with E-state index in [2.05, 4.69) is 62.2 Å². The van der Waals surface area contributed by atoms with Gasteiger partial charge >= 0.3 is 0 Å². The normalized spacial score (nSPS) is 20.9. The van der Waals surface area contributed by atoms with Crippen LogP contribution in [0.25, 0.3) is 6.08 Å². The van der Waals surface area contributed by atoms with Gasteiger partial charge in [0.15, 0.2) is 5.78 Å². The molecule has 2 aliphatic rings. The molecule has 3 nitrogen and oxygen atoms in total. The Labute approximate surface area is 171 Å². The molecule has 0 saturated carbocycles. The number of benzene rings is 3. The monoisotopic (exact) mass is 381 g/mol. The fraction of sp³-hybridized carbons (Fsp3) is 0.192. The minimum atomic E-state index is -0.603. The van der Waals surface area contributed by atoms with Crippen molar-refractivity contribution in [3.8, 4) is 5.75 Å². The number of nitrogens with zero attached hydrogens (tertiary/aromatic N) is 1. The van der Waals surface area contributed by atoms with Crippen molar-refractivity contribution in [2.75, 3.05) is 11.9 Å². The third-order valence-corrected chi connectivity index (χ3v) is 6.39. The molecule has 144 valence electrons. The Morgan fingerprint density at radius 3 is 2.38 bits per heavy atom. The van der Waals surface area contributed by atoms with Gasteiger partial charge in [-0.2, -0.15) is 0 Å². The predicted octanol–water partition coefficient (Wildman–Crippen LogP) is 5.45. The Kier molecular flexibility index (Phi) is 3.72. The molecule has 2 aliphatic heterocycles. The molecule has 0 N–H and O–H groups in total. The molecule has 0 amide bonds. The van der Waals surface area contributed by atoms with Crippen LogP contribution >= 0.6 is 0 Å². The van der Waals surface area contributed by atoms with E-state index in [9.17, 15) is 4.79 Å². The smallest absolute Gasteiger partial charge is 0.211 e. The Balaban J connectivity index is 1.54. The number of hydrogen-bond donors (Lipinski definition) is 0. The molecule has 1 spiro atoms. The zero-order chi connectivity index (χ0) is 20.2. The molecule has 3 aromatic rings. The molecule has 0 fully saturated rings. The largest absolute Gasteiger partial charge is 0.463 e. The van der Waals surface area contributed by atoms with E-state index in [1.807, 2.05) is 48.5 Å². The fourth-order valence-corrected chi connectivity index (χ4v) is 4.68. The maximum atomic E-state index is 12.8. The van der Waals surface area contributed by atoms with E-state index in [1.165, 1.54) is 11.3 Å². The average Bonchev–Trinajstić information content (AvgIpc) is 2.92. The summed E-state index contributed by atoms with van der Waals surface area (Å²) in [6.07, 6.45) is 4.22. The summed E-state index contributed by atoms with van der Waals surface area (Å²) in [7, 11) is 2.08. The summed E-state index contributed by atoms with van der Waals surface area (Å²) < 4.78 is 6.66. The van der Waals surface area contributed by atoms with E-state index in [-0.39, 0.29) is 11.2 Å². The van der Waals surface area contributed by atoms with Crippen molar-refractivity contribution in [1.29, 1.82) is 0 Å². The van der Waals surface area contributed by atoms with Crippen molar-refractivity contribution in [3.63, 3.8) is 0 Å². The minimum absolute atomic E-state index is 0.0211. The number of carbonyl (C=O) groups excluding carboxylic acids is 1. The zero-order valence-electron chi connectivity index (χ0n) is 16.8. The van der Waals surface area contributed by atoms with Gasteiger partial charge in [-0.15, -0.1) is 0 Å². The van der Waals surface area contributed by atoms with Gasteiger partial charge in [0.1, 0.15) is 5.75 Å². The van der Waals surface area contributed by atoms with Gasteiger partial charge in [0, 0.05) is 29.4 Å². The van der Waals surface area contributed by atoms with Gasteiger partial charge in [-0.3, -0.25) is 4.79 Å². The van der Waals surface area contributed by atoms with Crippen LogP contribution in [0.3, 0.4) is 0 Å². The van der Waals surface area contributed by atoms with E-state index in [1.54, 1.807) is 0 Å². The first-order valence-corrected chi connectivity index (χ1v) is 9.89. The van der Waals surface area contributed by atoms with Crippen LogP contribution in [0.1, 0.15) is 40.9 Å². The second-order valence-corrected chi connectivity index (χ2v) is 8.28. The van der Waals surface area contributed by atoms with E-state index < -0.39 is 5.72 Å². The molecule has 1 atom stereocenters. The number of fused-ring (bicyclic) bond motifs is 2. The summed E-state index contributed by atoms with van der Waals surface area (Å²) >= 11 is 0. The maximum Gasteiger partial charge on any atom is 0.211 e. The summed E-state index contributed by atoms with van der Waals surface area (Å²) in [5.41, 5.74) is 3.91. The third kappa shape index (κ3) is 2.40.